The van der Waals surface area contributed by atoms with Crippen molar-refractivity contribution in [2.45, 2.75) is 38.0 Å². The fourth-order valence-electron chi connectivity index (χ4n) is 2.29. The van der Waals surface area contributed by atoms with Crippen molar-refractivity contribution in [1.29, 1.82) is 0 Å². The smallest absolute Gasteiger partial charge is 0.384 e. The van der Waals surface area contributed by atoms with Crippen LogP contribution in [0.3, 0.4) is 0 Å². The average molecular weight is 274 g/mol. The van der Waals surface area contributed by atoms with E-state index in [2.05, 4.69) is 0 Å². The molecule has 1 N–H and O–H groups in total. The van der Waals surface area contributed by atoms with Crippen LogP contribution in [-0.4, -0.2) is 5.11 Å². The molecule has 5 heteroatoms. The van der Waals surface area contributed by atoms with Crippen LogP contribution in [0.1, 0.15) is 42.9 Å². The highest BCUT2D eigenvalue weighted by Gasteiger charge is 2.35. The van der Waals surface area contributed by atoms with Crippen molar-refractivity contribution in [3.8, 4) is 0 Å². The van der Waals surface area contributed by atoms with E-state index in [0.29, 0.717) is 18.1 Å². The Balaban J connectivity index is 2.37. The summed E-state index contributed by atoms with van der Waals surface area (Å²) in [7, 11) is 0. The Bertz CT molecular complexity index is 491. The zero-order valence-electron chi connectivity index (χ0n) is 10.2. The summed E-state index contributed by atoms with van der Waals surface area (Å²) in [6.45, 7) is 0. The Morgan fingerprint density at radius 3 is 2.47 bits per heavy atom. The SMILES string of the molecule is OC(C1=CCCCC1)c1cccc(C(F)(F)F)c1F. The maximum absolute atomic E-state index is 13.9. The highest BCUT2D eigenvalue weighted by Crippen LogP contribution is 2.36. The number of aliphatic hydroxyl groups is 1. The van der Waals surface area contributed by atoms with Crippen LogP contribution in [0, 0.1) is 5.82 Å². The summed E-state index contributed by atoms with van der Waals surface area (Å²) in [6.07, 6.45) is -1.04. The molecule has 0 bridgehead atoms. The molecule has 104 valence electrons. The first-order valence-electron chi connectivity index (χ1n) is 6.14. The summed E-state index contributed by atoms with van der Waals surface area (Å²) >= 11 is 0. The van der Waals surface area contributed by atoms with E-state index in [-0.39, 0.29) is 5.56 Å². The van der Waals surface area contributed by atoms with Crippen LogP contribution < -0.4 is 0 Å². The Morgan fingerprint density at radius 2 is 1.89 bits per heavy atom. The first-order valence-corrected chi connectivity index (χ1v) is 6.14. The Hall–Kier alpha value is -1.36. The minimum absolute atomic E-state index is 0.303. The van der Waals surface area contributed by atoms with E-state index in [1.54, 1.807) is 6.08 Å². The van der Waals surface area contributed by atoms with Gasteiger partial charge in [-0.1, -0.05) is 18.2 Å². The number of aliphatic hydroxyl groups excluding tert-OH is 1. The lowest BCUT2D eigenvalue weighted by molar-refractivity contribution is -0.140. The van der Waals surface area contributed by atoms with Crippen LogP contribution >= 0.6 is 0 Å². The first kappa shape index (κ1) is 14.1. The highest BCUT2D eigenvalue weighted by atomic mass is 19.4. The molecule has 1 aromatic rings. The molecule has 1 aromatic carbocycles. The van der Waals surface area contributed by atoms with Crippen molar-refractivity contribution >= 4 is 0 Å². The number of allylic oxidation sites excluding steroid dienone is 1. The van der Waals surface area contributed by atoms with E-state index >= 15 is 0 Å². The second kappa shape index (κ2) is 5.33. The molecule has 0 saturated heterocycles. The molecule has 0 fully saturated rings. The predicted octanol–water partition coefficient (Wildman–Crippen LogP) is 4.38. The first-order chi connectivity index (χ1) is 8.91. The summed E-state index contributed by atoms with van der Waals surface area (Å²) in [4.78, 5) is 0. The quantitative estimate of drug-likeness (QED) is 0.627. The average Bonchev–Trinajstić information content (AvgIpc) is 2.38. The van der Waals surface area contributed by atoms with Crippen LogP contribution in [0.5, 0.6) is 0 Å². The Kier molecular flexibility index (Phi) is 3.94. The maximum Gasteiger partial charge on any atom is 0.419 e. The van der Waals surface area contributed by atoms with E-state index < -0.39 is 23.7 Å². The van der Waals surface area contributed by atoms with Crippen molar-refractivity contribution in [1.82, 2.24) is 0 Å². The van der Waals surface area contributed by atoms with Gasteiger partial charge in [0.25, 0.3) is 0 Å². The maximum atomic E-state index is 13.9. The van der Waals surface area contributed by atoms with E-state index in [9.17, 15) is 22.7 Å². The summed E-state index contributed by atoms with van der Waals surface area (Å²) < 4.78 is 51.7. The van der Waals surface area contributed by atoms with Crippen LogP contribution in [0.15, 0.2) is 29.8 Å². The zero-order chi connectivity index (χ0) is 14.0. The molecule has 19 heavy (non-hydrogen) atoms. The fraction of sp³-hybridized carbons (Fsp3) is 0.429. The van der Waals surface area contributed by atoms with Gasteiger partial charge in [-0.15, -0.1) is 0 Å². The van der Waals surface area contributed by atoms with Gasteiger partial charge in [-0.05, 0) is 37.3 Å². The lowest BCUT2D eigenvalue weighted by Crippen LogP contribution is -2.13. The highest BCUT2D eigenvalue weighted by molar-refractivity contribution is 5.34. The number of rotatable bonds is 2. The number of alkyl halides is 3. The molecule has 0 saturated carbocycles. The van der Waals surface area contributed by atoms with E-state index in [1.807, 2.05) is 0 Å². The van der Waals surface area contributed by atoms with Crippen LogP contribution in [0.2, 0.25) is 0 Å². The van der Waals surface area contributed by atoms with Gasteiger partial charge in [0, 0.05) is 5.56 Å². The standard InChI is InChI=1S/C14H14F4O/c15-12-10(7-4-8-11(12)14(16,17)18)13(19)9-5-2-1-3-6-9/h4-5,7-8,13,19H,1-3,6H2. The van der Waals surface area contributed by atoms with Crippen molar-refractivity contribution in [2.75, 3.05) is 0 Å². The predicted molar refractivity (Wildman–Crippen MR) is 62.9 cm³/mol. The van der Waals surface area contributed by atoms with Gasteiger partial charge >= 0.3 is 6.18 Å². The minimum atomic E-state index is -4.75. The van der Waals surface area contributed by atoms with Crippen molar-refractivity contribution < 1.29 is 22.7 Å². The minimum Gasteiger partial charge on any atom is -0.384 e. The number of hydrogen-bond acceptors (Lipinski definition) is 1. The summed E-state index contributed by atoms with van der Waals surface area (Å²) in [5, 5.41) is 10.0. The molecule has 0 aliphatic heterocycles. The van der Waals surface area contributed by atoms with Crippen LogP contribution in [-0.2, 0) is 6.18 Å². The second-order valence-corrected chi connectivity index (χ2v) is 4.63. The van der Waals surface area contributed by atoms with Gasteiger partial charge in [0.05, 0.1) is 5.56 Å². The number of benzene rings is 1. The van der Waals surface area contributed by atoms with Gasteiger partial charge in [0.15, 0.2) is 0 Å². The van der Waals surface area contributed by atoms with Crippen molar-refractivity contribution in [3.63, 3.8) is 0 Å². The largest absolute Gasteiger partial charge is 0.419 e. The molecule has 1 aliphatic rings. The Labute approximate surface area is 108 Å². The summed E-state index contributed by atoms with van der Waals surface area (Å²) in [5.74, 6) is -1.38. The third kappa shape index (κ3) is 2.97. The van der Waals surface area contributed by atoms with Crippen molar-refractivity contribution in [3.05, 3.63) is 46.8 Å². The van der Waals surface area contributed by atoms with Crippen molar-refractivity contribution in [2.24, 2.45) is 0 Å². The molecule has 1 nitrogen and oxygen atoms in total. The lowest BCUT2D eigenvalue weighted by atomic mass is 9.91. The topological polar surface area (TPSA) is 20.2 Å². The molecule has 1 unspecified atom stereocenters. The van der Waals surface area contributed by atoms with Gasteiger partial charge in [0.2, 0.25) is 0 Å². The summed E-state index contributed by atoms with van der Waals surface area (Å²) in [6, 6.07) is 3.00. The van der Waals surface area contributed by atoms with Crippen LogP contribution in [0.4, 0.5) is 17.6 Å². The van der Waals surface area contributed by atoms with E-state index in [1.165, 1.54) is 6.07 Å². The normalized spacial score (nSPS) is 18.1. The molecule has 0 heterocycles. The number of halogens is 4. The second-order valence-electron chi connectivity index (χ2n) is 4.63. The zero-order valence-corrected chi connectivity index (χ0v) is 10.2. The molecule has 0 spiro atoms. The Morgan fingerprint density at radius 1 is 1.16 bits per heavy atom. The summed E-state index contributed by atoms with van der Waals surface area (Å²) in [5.41, 5.74) is -1.03. The van der Waals surface area contributed by atoms with Gasteiger partial charge in [-0.3, -0.25) is 0 Å². The van der Waals surface area contributed by atoms with Gasteiger partial charge < -0.3 is 5.11 Å². The lowest BCUT2D eigenvalue weighted by Gasteiger charge is -2.20. The third-order valence-corrected chi connectivity index (χ3v) is 3.31. The van der Waals surface area contributed by atoms with Crippen LogP contribution in [0.25, 0.3) is 0 Å². The van der Waals surface area contributed by atoms with Gasteiger partial charge in [-0.25, -0.2) is 4.39 Å². The van der Waals surface area contributed by atoms with E-state index in [4.69, 9.17) is 0 Å². The molecule has 1 aliphatic carbocycles. The third-order valence-electron chi connectivity index (χ3n) is 3.31. The van der Waals surface area contributed by atoms with Gasteiger partial charge in [0.1, 0.15) is 11.9 Å². The molecule has 1 atom stereocenters. The molecule has 0 amide bonds. The molecule has 2 rings (SSSR count). The monoisotopic (exact) mass is 274 g/mol. The molecule has 0 aromatic heterocycles. The fourth-order valence-corrected chi connectivity index (χ4v) is 2.29. The van der Waals surface area contributed by atoms with Gasteiger partial charge in [-0.2, -0.15) is 13.2 Å². The molecular formula is C14H14F4O. The number of hydrogen-bond donors (Lipinski definition) is 1. The van der Waals surface area contributed by atoms with E-state index in [0.717, 1.165) is 25.3 Å². The molecule has 0 radical (unpaired) electrons. The molecular weight excluding hydrogens is 260 g/mol.